The van der Waals surface area contributed by atoms with E-state index in [9.17, 15) is 22.8 Å². The lowest BCUT2D eigenvalue weighted by molar-refractivity contribution is -0.137. The third-order valence-corrected chi connectivity index (χ3v) is 6.83. The van der Waals surface area contributed by atoms with Gasteiger partial charge in [0.2, 0.25) is 16.4 Å². The van der Waals surface area contributed by atoms with E-state index >= 15 is 0 Å². The average Bonchev–Trinajstić information content (AvgIpc) is 3.34. The first-order chi connectivity index (χ1) is 16.1. The van der Waals surface area contributed by atoms with Gasteiger partial charge < -0.3 is 15.2 Å². The summed E-state index contributed by atoms with van der Waals surface area (Å²) in [6.45, 7) is 1.23. The van der Waals surface area contributed by atoms with Gasteiger partial charge in [0.25, 0.3) is 5.56 Å². The Kier molecular flexibility index (Phi) is 5.57. The minimum absolute atomic E-state index is 0.0430. The molecular formula is C21H17BrClF3N6O2. The van der Waals surface area contributed by atoms with E-state index in [1.165, 1.54) is 0 Å². The van der Waals surface area contributed by atoms with Crippen LogP contribution in [0.15, 0.2) is 33.8 Å². The molecule has 1 amide bonds. The van der Waals surface area contributed by atoms with E-state index in [2.05, 4.69) is 36.6 Å². The van der Waals surface area contributed by atoms with Crippen LogP contribution in [-0.4, -0.2) is 38.2 Å². The van der Waals surface area contributed by atoms with Gasteiger partial charge in [-0.25, -0.2) is 0 Å². The van der Waals surface area contributed by atoms with E-state index in [1.54, 1.807) is 4.57 Å². The molecule has 1 aromatic carbocycles. The molecule has 3 heterocycles. The first kappa shape index (κ1) is 23.1. The Hall–Kier alpha value is -2.70. The SMILES string of the molecule is O=C(Cn1c2c(c(=O)n3nc(Br)nc13)C1(C=C2)CCNCC1)Nc1ccc(C(F)(F)F)cc1Cl. The summed E-state index contributed by atoms with van der Waals surface area (Å²) in [6, 6.07) is 2.70. The van der Waals surface area contributed by atoms with Gasteiger partial charge in [-0.1, -0.05) is 17.7 Å². The van der Waals surface area contributed by atoms with Crippen LogP contribution in [0.4, 0.5) is 18.9 Å². The Bertz CT molecular complexity index is 1410. The van der Waals surface area contributed by atoms with Crippen molar-refractivity contribution in [1.82, 2.24) is 24.5 Å². The third kappa shape index (κ3) is 3.83. The highest BCUT2D eigenvalue weighted by Gasteiger charge is 2.41. The summed E-state index contributed by atoms with van der Waals surface area (Å²) in [6.07, 6.45) is 0.714. The number of aromatic nitrogens is 4. The van der Waals surface area contributed by atoms with Gasteiger partial charge in [-0.3, -0.25) is 9.59 Å². The minimum Gasteiger partial charge on any atom is -0.323 e. The molecule has 34 heavy (non-hydrogen) atoms. The summed E-state index contributed by atoms with van der Waals surface area (Å²) >= 11 is 9.17. The van der Waals surface area contributed by atoms with Crippen molar-refractivity contribution in [2.45, 2.75) is 31.0 Å². The number of amides is 1. The number of piperidine rings is 1. The van der Waals surface area contributed by atoms with Crippen LogP contribution in [0.3, 0.4) is 0 Å². The standard InChI is InChI=1S/C21H17BrClF3N6O2/c22-18-29-19-31(10-15(33)28-13-2-1-11(9-12(13)23)21(24,25)26)14-3-4-20(5-7-27-8-6-20)16(14)17(34)32(19)30-18/h1-4,9,27H,5-8,10H2,(H,28,33). The molecular weight excluding hydrogens is 541 g/mol. The smallest absolute Gasteiger partial charge is 0.323 e. The van der Waals surface area contributed by atoms with Gasteiger partial charge in [-0.2, -0.15) is 22.7 Å². The van der Waals surface area contributed by atoms with Crippen LogP contribution in [0.5, 0.6) is 0 Å². The molecule has 0 saturated carbocycles. The molecule has 2 N–H and O–H groups in total. The van der Waals surface area contributed by atoms with Crippen molar-refractivity contribution in [2.75, 3.05) is 18.4 Å². The fraction of sp³-hybridized carbons (Fsp3) is 0.333. The summed E-state index contributed by atoms with van der Waals surface area (Å²) < 4.78 is 41.7. The molecule has 13 heteroatoms. The van der Waals surface area contributed by atoms with Gasteiger partial charge >= 0.3 is 6.18 Å². The fourth-order valence-corrected chi connectivity index (χ4v) is 5.13. The quantitative estimate of drug-likeness (QED) is 0.513. The molecule has 2 aliphatic rings. The number of alkyl halides is 3. The number of nitrogens with one attached hydrogen (secondary N) is 2. The molecule has 0 unspecified atom stereocenters. The van der Waals surface area contributed by atoms with Gasteiger partial charge in [0.05, 0.1) is 27.5 Å². The number of halogens is 5. The largest absolute Gasteiger partial charge is 0.416 e. The number of carbonyl (C=O) groups excluding carboxylic acids is 1. The number of hydrogen-bond donors (Lipinski definition) is 2. The Morgan fingerprint density at radius 3 is 2.71 bits per heavy atom. The van der Waals surface area contributed by atoms with Crippen LogP contribution < -0.4 is 16.2 Å². The predicted octanol–water partition coefficient (Wildman–Crippen LogP) is 3.61. The van der Waals surface area contributed by atoms with Crippen molar-refractivity contribution in [3.8, 4) is 0 Å². The van der Waals surface area contributed by atoms with Crippen LogP contribution >= 0.6 is 27.5 Å². The summed E-state index contributed by atoms with van der Waals surface area (Å²) in [5.41, 5.74) is -0.508. The van der Waals surface area contributed by atoms with E-state index in [0.29, 0.717) is 11.3 Å². The van der Waals surface area contributed by atoms with Crippen LogP contribution in [-0.2, 0) is 22.9 Å². The molecule has 178 valence electrons. The maximum absolute atomic E-state index is 13.3. The minimum atomic E-state index is -4.55. The van der Waals surface area contributed by atoms with Crippen molar-refractivity contribution in [1.29, 1.82) is 0 Å². The maximum Gasteiger partial charge on any atom is 0.416 e. The lowest BCUT2D eigenvalue weighted by atomic mass is 9.76. The van der Waals surface area contributed by atoms with Gasteiger partial charge in [0.15, 0.2) is 0 Å². The maximum atomic E-state index is 13.3. The molecule has 0 bridgehead atoms. The highest BCUT2D eigenvalue weighted by atomic mass is 79.9. The van der Waals surface area contributed by atoms with Crippen molar-refractivity contribution in [3.05, 3.63) is 61.2 Å². The third-order valence-electron chi connectivity index (χ3n) is 6.18. The normalized spacial score (nSPS) is 16.9. The highest BCUT2D eigenvalue weighted by Crippen LogP contribution is 2.41. The summed E-state index contributed by atoms with van der Waals surface area (Å²) in [5.74, 6) is -0.381. The molecule has 1 saturated heterocycles. The number of nitrogens with zero attached hydrogens (tertiary/aromatic N) is 4. The van der Waals surface area contributed by atoms with E-state index in [-0.39, 0.29) is 33.3 Å². The van der Waals surface area contributed by atoms with Gasteiger partial charge in [-0.15, -0.1) is 5.10 Å². The monoisotopic (exact) mass is 556 g/mol. The predicted molar refractivity (Wildman–Crippen MR) is 123 cm³/mol. The van der Waals surface area contributed by atoms with E-state index in [4.69, 9.17) is 11.6 Å². The highest BCUT2D eigenvalue weighted by molar-refractivity contribution is 9.10. The number of allylic oxidation sites excluding steroid dienone is 1. The van der Waals surface area contributed by atoms with Crippen molar-refractivity contribution >= 4 is 51.0 Å². The summed E-state index contributed by atoms with van der Waals surface area (Å²) in [5, 5.41) is 9.75. The van der Waals surface area contributed by atoms with Crippen LogP contribution in [0.1, 0.15) is 29.7 Å². The first-order valence-electron chi connectivity index (χ1n) is 10.4. The zero-order valence-corrected chi connectivity index (χ0v) is 19.8. The Balaban J connectivity index is 1.53. The molecule has 1 aliphatic heterocycles. The van der Waals surface area contributed by atoms with Crippen molar-refractivity contribution in [2.24, 2.45) is 0 Å². The lowest BCUT2D eigenvalue weighted by Gasteiger charge is -2.33. The molecule has 1 spiro atoms. The second-order valence-corrected chi connectivity index (χ2v) is 9.34. The van der Waals surface area contributed by atoms with Crippen LogP contribution in [0, 0.1) is 0 Å². The van der Waals surface area contributed by atoms with E-state index in [1.807, 2.05) is 12.2 Å². The topological polar surface area (TPSA) is 93.3 Å². The Morgan fingerprint density at radius 2 is 2.03 bits per heavy atom. The van der Waals surface area contributed by atoms with E-state index < -0.39 is 23.1 Å². The average molecular weight is 558 g/mol. The van der Waals surface area contributed by atoms with Gasteiger partial charge in [0.1, 0.15) is 6.54 Å². The lowest BCUT2D eigenvalue weighted by Crippen LogP contribution is -2.42. The van der Waals surface area contributed by atoms with Crippen LogP contribution in [0.25, 0.3) is 11.9 Å². The van der Waals surface area contributed by atoms with E-state index in [0.717, 1.165) is 48.6 Å². The second kappa shape index (κ2) is 8.21. The summed E-state index contributed by atoms with van der Waals surface area (Å²) in [7, 11) is 0. The number of anilines is 1. The second-order valence-electron chi connectivity index (χ2n) is 8.22. The molecule has 0 atom stereocenters. The molecule has 1 fully saturated rings. The number of fused-ring (bicyclic) bond motifs is 3. The molecule has 0 radical (unpaired) electrons. The van der Waals surface area contributed by atoms with Gasteiger partial charge in [0, 0.05) is 5.41 Å². The zero-order valence-electron chi connectivity index (χ0n) is 17.4. The number of rotatable bonds is 3. The van der Waals surface area contributed by atoms with Crippen molar-refractivity contribution < 1.29 is 18.0 Å². The zero-order chi connectivity index (χ0) is 24.3. The molecule has 2 aromatic heterocycles. The molecule has 5 rings (SSSR count). The van der Waals surface area contributed by atoms with Gasteiger partial charge in [-0.05, 0) is 66.1 Å². The Labute approximate surface area is 203 Å². The summed E-state index contributed by atoms with van der Waals surface area (Å²) in [4.78, 5) is 30.5. The number of benzene rings is 1. The van der Waals surface area contributed by atoms with Crippen molar-refractivity contribution in [3.63, 3.8) is 0 Å². The molecule has 1 aliphatic carbocycles. The number of carbonyl (C=O) groups is 1. The first-order valence-corrected chi connectivity index (χ1v) is 11.5. The molecule has 3 aromatic rings. The fourth-order valence-electron chi connectivity index (χ4n) is 4.58. The number of hydrogen-bond acceptors (Lipinski definition) is 5. The Morgan fingerprint density at radius 1 is 1.29 bits per heavy atom. The molecule has 8 nitrogen and oxygen atoms in total. The van der Waals surface area contributed by atoms with Crippen LogP contribution in [0.2, 0.25) is 5.02 Å².